The summed E-state index contributed by atoms with van der Waals surface area (Å²) in [6, 6.07) is 9.10. The third kappa shape index (κ3) is 5.54. The third-order valence-electron chi connectivity index (χ3n) is 4.30. The highest BCUT2D eigenvalue weighted by Crippen LogP contribution is 2.21. The average molecular weight is 277 g/mol. The molecular formula is C18H31NO. The van der Waals surface area contributed by atoms with Gasteiger partial charge in [0.05, 0.1) is 7.11 Å². The Hall–Kier alpha value is -1.02. The van der Waals surface area contributed by atoms with Gasteiger partial charge in [-0.3, -0.25) is 0 Å². The molecule has 0 aliphatic heterocycles. The molecule has 1 N–H and O–H groups in total. The first-order valence-electron chi connectivity index (χ1n) is 8.05. The van der Waals surface area contributed by atoms with Crippen molar-refractivity contribution >= 4 is 0 Å². The van der Waals surface area contributed by atoms with Gasteiger partial charge in [-0.05, 0) is 49.9 Å². The number of ether oxygens (including phenoxy) is 1. The molecule has 0 heterocycles. The molecule has 114 valence electrons. The summed E-state index contributed by atoms with van der Waals surface area (Å²) in [5.74, 6) is 1.74. The Bertz CT molecular complexity index is 347. The van der Waals surface area contributed by atoms with Crippen LogP contribution in [0.25, 0.3) is 0 Å². The van der Waals surface area contributed by atoms with Gasteiger partial charge in [0.15, 0.2) is 0 Å². The molecule has 0 radical (unpaired) electrons. The number of aryl methyl sites for hydroxylation is 1. The molecule has 2 atom stereocenters. The van der Waals surface area contributed by atoms with E-state index in [1.807, 2.05) is 0 Å². The Morgan fingerprint density at radius 3 is 2.30 bits per heavy atom. The fourth-order valence-corrected chi connectivity index (χ4v) is 2.89. The molecule has 1 aromatic carbocycles. The molecule has 2 nitrogen and oxygen atoms in total. The molecule has 0 saturated heterocycles. The van der Waals surface area contributed by atoms with Gasteiger partial charge >= 0.3 is 0 Å². The molecule has 0 amide bonds. The predicted octanol–water partition coefficient (Wildman–Crippen LogP) is 4.43. The topological polar surface area (TPSA) is 21.3 Å². The van der Waals surface area contributed by atoms with Crippen LogP contribution in [0.2, 0.25) is 0 Å². The number of methoxy groups -OCH3 is 1. The normalized spacial score (nSPS) is 14.0. The van der Waals surface area contributed by atoms with E-state index in [0.717, 1.165) is 18.1 Å². The summed E-state index contributed by atoms with van der Waals surface area (Å²) in [5, 5.41) is 3.53. The Morgan fingerprint density at radius 2 is 1.80 bits per heavy atom. The van der Waals surface area contributed by atoms with Gasteiger partial charge in [-0.2, -0.15) is 0 Å². The van der Waals surface area contributed by atoms with Crippen LogP contribution in [0.1, 0.15) is 51.5 Å². The van der Waals surface area contributed by atoms with Crippen molar-refractivity contribution in [2.24, 2.45) is 5.92 Å². The molecule has 0 aliphatic carbocycles. The molecule has 0 saturated carbocycles. The Balaban J connectivity index is 2.49. The van der Waals surface area contributed by atoms with Crippen molar-refractivity contribution in [1.29, 1.82) is 0 Å². The first-order valence-corrected chi connectivity index (χ1v) is 8.05. The maximum atomic E-state index is 5.20. The second kappa shape index (κ2) is 9.82. The summed E-state index contributed by atoms with van der Waals surface area (Å²) in [4.78, 5) is 0. The lowest BCUT2D eigenvalue weighted by Crippen LogP contribution is -2.33. The lowest BCUT2D eigenvalue weighted by Gasteiger charge is -2.26. The fourth-order valence-electron chi connectivity index (χ4n) is 2.89. The van der Waals surface area contributed by atoms with Crippen molar-refractivity contribution in [3.05, 3.63) is 29.8 Å². The molecule has 0 aliphatic rings. The van der Waals surface area contributed by atoms with Gasteiger partial charge in [0.2, 0.25) is 0 Å². The summed E-state index contributed by atoms with van der Waals surface area (Å²) in [6.07, 6.45) is 7.61. The van der Waals surface area contributed by atoms with E-state index in [1.54, 1.807) is 7.11 Å². The number of nitrogens with one attached hydrogen (secondary N) is 1. The van der Waals surface area contributed by atoms with Gasteiger partial charge in [-0.25, -0.2) is 0 Å². The summed E-state index contributed by atoms with van der Waals surface area (Å²) in [6.45, 7) is 4.59. The van der Waals surface area contributed by atoms with Gasteiger partial charge in [0.1, 0.15) is 5.75 Å². The predicted molar refractivity (Wildman–Crippen MR) is 87.5 cm³/mol. The van der Waals surface area contributed by atoms with E-state index >= 15 is 0 Å². The van der Waals surface area contributed by atoms with Crippen molar-refractivity contribution in [3.8, 4) is 5.75 Å². The van der Waals surface area contributed by atoms with Crippen molar-refractivity contribution in [2.75, 3.05) is 14.2 Å². The van der Waals surface area contributed by atoms with Crippen LogP contribution in [0.4, 0.5) is 0 Å². The molecule has 0 spiro atoms. The number of hydrogen-bond acceptors (Lipinski definition) is 2. The quantitative estimate of drug-likeness (QED) is 0.683. The van der Waals surface area contributed by atoms with E-state index in [2.05, 4.69) is 50.5 Å². The van der Waals surface area contributed by atoms with Crippen molar-refractivity contribution in [2.45, 2.75) is 58.4 Å². The number of unbranched alkanes of at least 4 members (excludes halogenated alkanes) is 1. The van der Waals surface area contributed by atoms with E-state index in [9.17, 15) is 0 Å². The van der Waals surface area contributed by atoms with Crippen LogP contribution in [0, 0.1) is 5.92 Å². The van der Waals surface area contributed by atoms with Crippen LogP contribution in [-0.2, 0) is 6.42 Å². The summed E-state index contributed by atoms with van der Waals surface area (Å²) in [7, 11) is 3.82. The molecular weight excluding hydrogens is 246 g/mol. The lowest BCUT2D eigenvalue weighted by molar-refractivity contribution is 0.317. The Morgan fingerprint density at radius 1 is 1.10 bits per heavy atom. The monoisotopic (exact) mass is 277 g/mol. The largest absolute Gasteiger partial charge is 0.497 e. The maximum absolute atomic E-state index is 5.20. The van der Waals surface area contributed by atoms with Crippen molar-refractivity contribution in [1.82, 2.24) is 5.32 Å². The van der Waals surface area contributed by atoms with E-state index in [0.29, 0.717) is 6.04 Å². The van der Waals surface area contributed by atoms with Crippen LogP contribution in [0.3, 0.4) is 0 Å². The number of benzene rings is 1. The zero-order valence-electron chi connectivity index (χ0n) is 13.6. The molecule has 20 heavy (non-hydrogen) atoms. The van der Waals surface area contributed by atoms with Crippen LogP contribution in [-0.4, -0.2) is 20.2 Å². The second-order valence-electron chi connectivity index (χ2n) is 5.59. The van der Waals surface area contributed by atoms with Gasteiger partial charge in [-0.15, -0.1) is 0 Å². The Labute approximate surface area is 124 Å². The minimum atomic E-state index is 0.633. The van der Waals surface area contributed by atoms with Crippen LogP contribution < -0.4 is 10.1 Å². The highest BCUT2D eigenvalue weighted by Gasteiger charge is 2.17. The summed E-state index contributed by atoms with van der Waals surface area (Å²) < 4.78 is 5.20. The standard InChI is InChI=1S/C18H31NO/c1-5-7-8-16(6-2)18(19-3)14-11-15-9-12-17(20-4)13-10-15/h9-10,12-13,16,18-19H,5-8,11,14H2,1-4H3. The number of rotatable bonds is 10. The van der Waals surface area contributed by atoms with Crippen LogP contribution >= 0.6 is 0 Å². The van der Waals surface area contributed by atoms with E-state index < -0.39 is 0 Å². The highest BCUT2D eigenvalue weighted by atomic mass is 16.5. The molecule has 2 heteroatoms. The average Bonchev–Trinajstić information content (AvgIpc) is 2.51. The van der Waals surface area contributed by atoms with E-state index in [-0.39, 0.29) is 0 Å². The first kappa shape index (κ1) is 17.0. The van der Waals surface area contributed by atoms with Gasteiger partial charge in [-0.1, -0.05) is 45.2 Å². The van der Waals surface area contributed by atoms with Crippen LogP contribution in [0.5, 0.6) is 5.75 Å². The minimum Gasteiger partial charge on any atom is -0.497 e. The van der Waals surface area contributed by atoms with Crippen LogP contribution in [0.15, 0.2) is 24.3 Å². The third-order valence-corrected chi connectivity index (χ3v) is 4.30. The van der Waals surface area contributed by atoms with E-state index in [1.165, 1.54) is 37.7 Å². The lowest BCUT2D eigenvalue weighted by atomic mass is 9.88. The summed E-state index contributed by atoms with van der Waals surface area (Å²) in [5.41, 5.74) is 1.40. The highest BCUT2D eigenvalue weighted by molar-refractivity contribution is 5.27. The van der Waals surface area contributed by atoms with Gasteiger partial charge < -0.3 is 10.1 Å². The molecule has 0 bridgehead atoms. The van der Waals surface area contributed by atoms with Gasteiger partial charge in [0.25, 0.3) is 0 Å². The molecule has 1 rings (SSSR count). The number of hydrogen-bond donors (Lipinski definition) is 1. The first-order chi connectivity index (χ1) is 9.74. The molecule has 2 unspecified atom stereocenters. The smallest absolute Gasteiger partial charge is 0.118 e. The molecule has 1 aromatic rings. The van der Waals surface area contributed by atoms with Gasteiger partial charge in [0, 0.05) is 6.04 Å². The zero-order chi connectivity index (χ0) is 14.8. The Kier molecular flexibility index (Phi) is 8.36. The summed E-state index contributed by atoms with van der Waals surface area (Å²) >= 11 is 0. The fraction of sp³-hybridized carbons (Fsp3) is 0.667. The van der Waals surface area contributed by atoms with Crippen molar-refractivity contribution in [3.63, 3.8) is 0 Å². The molecule has 0 aromatic heterocycles. The zero-order valence-corrected chi connectivity index (χ0v) is 13.6. The molecule has 0 fully saturated rings. The SMILES string of the molecule is CCCCC(CC)C(CCc1ccc(OC)cc1)NC. The van der Waals surface area contributed by atoms with E-state index in [4.69, 9.17) is 4.74 Å². The minimum absolute atomic E-state index is 0.633. The second-order valence-corrected chi connectivity index (χ2v) is 5.59. The van der Waals surface area contributed by atoms with Crippen molar-refractivity contribution < 1.29 is 4.74 Å². The maximum Gasteiger partial charge on any atom is 0.118 e.